The number of benzene rings is 2. The molecule has 0 spiro atoms. The highest BCUT2D eigenvalue weighted by molar-refractivity contribution is 7.99. The van der Waals surface area contributed by atoms with Gasteiger partial charge in [0.2, 0.25) is 15.9 Å². The van der Waals surface area contributed by atoms with E-state index in [-0.39, 0.29) is 10.8 Å². The van der Waals surface area contributed by atoms with Gasteiger partial charge in [0, 0.05) is 40.9 Å². The molecule has 1 fully saturated rings. The fourth-order valence-corrected chi connectivity index (χ4v) is 5.37. The summed E-state index contributed by atoms with van der Waals surface area (Å²) in [6.45, 7) is 1.11. The molecule has 0 aliphatic carbocycles. The van der Waals surface area contributed by atoms with Gasteiger partial charge in [-0.2, -0.15) is 4.31 Å². The van der Waals surface area contributed by atoms with Crippen LogP contribution in [0.2, 0.25) is 5.02 Å². The van der Waals surface area contributed by atoms with Crippen molar-refractivity contribution < 1.29 is 13.2 Å². The molecular weight excluding hydrogens is 404 g/mol. The highest BCUT2D eigenvalue weighted by Gasteiger charge is 2.27. The predicted octanol–water partition coefficient (Wildman–Crippen LogP) is 4.25. The quantitative estimate of drug-likeness (QED) is 0.675. The Morgan fingerprint density at radius 1 is 1.11 bits per heavy atom. The molecule has 3 rings (SSSR count). The van der Waals surface area contributed by atoms with Crippen molar-refractivity contribution in [2.75, 3.05) is 24.2 Å². The molecule has 5 nitrogen and oxygen atoms in total. The Bertz CT molecular complexity index is 895. The van der Waals surface area contributed by atoms with Crippen molar-refractivity contribution in [1.29, 1.82) is 0 Å². The van der Waals surface area contributed by atoms with E-state index in [1.807, 2.05) is 24.3 Å². The first-order valence-electron chi connectivity index (χ1n) is 8.73. The van der Waals surface area contributed by atoms with Crippen molar-refractivity contribution in [3.8, 4) is 0 Å². The van der Waals surface area contributed by atoms with Gasteiger partial charge in [0.15, 0.2) is 0 Å². The summed E-state index contributed by atoms with van der Waals surface area (Å²) < 4.78 is 26.7. The number of carbonyl (C=O) groups excluding carboxylic acids is 1. The molecule has 1 N–H and O–H groups in total. The van der Waals surface area contributed by atoms with Gasteiger partial charge in [0.25, 0.3) is 0 Å². The molecule has 8 heteroatoms. The normalized spacial score (nSPS) is 15.0. The van der Waals surface area contributed by atoms with Gasteiger partial charge in [0.1, 0.15) is 0 Å². The average molecular weight is 425 g/mol. The van der Waals surface area contributed by atoms with E-state index < -0.39 is 10.0 Å². The Balaban J connectivity index is 1.55. The second-order valence-electron chi connectivity index (χ2n) is 6.24. The molecule has 0 unspecified atom stereocenters. The molecule has 1 saturated heterocycles. The molecule has 0 aromatic heterocycles. The molecule has 2 aromatic carbocycles. The second-order valence-corrected chi connectivity index (χ2v) is 9.78. The third-order valence-corrected chi connectivity index (χ3v) is 7.39. The fourth-order valence-electron chi connectivity index (χ4n) is 2.83. The van der Waals surface area contributed by atoms with Crippen LogP contribution in [0.1, 0.15) is 19.3 Å². The molecule has 1 aliphatic rings. The Morgan fingerprint density at radius 3 is 2.52 bits per heavy atom. The molecule has 0 radical (unpaired) electrons. The van der Waals surface area contributed by atoms with Crippen LogP contribution in [0.5, 0.6) is 0 Å². The van der Waals surface area contributed by atoms with E-state index >= 15 is 0 Å². The number of nitrogens with one attached hydrogen (secondary N) is 1. The van der Waals surface area contributed by atoms with Crippen LogP contribution in [0.3, 0.4) is 0 Å². The summed E-state index contributed by atoms with van der Waals surface area (Å²) in [5, 5.41) is 3.47. The number of hydrogen-bond acceptors (Lipinski definition) is 4. The third-order valence-electron chi connectivity index (χ3n) is 4.23. The lowest BCUT2D eigenvalue weighted by Crippen LogP contribution is -2.27. The standard InChI is InChI=1S/C19H21ClN2O3S2/c20-15-6-8-17(9-7-15)26-13-10-19(23)21-16-4-3-5-18(14-16)27(24,25)22-11-1-2-12-22/h3-9,14H,1-2,10-13H2,(H,21,23). The molecule has 1 aliphatic heterocycles. The summed E-state index contributed by atoms with van der Waals surface area (Å²) >= 11 is 7.42. The molecule has 1 heterocycles. The van der Waals surface area contributed by atoms with Crippen molar-refractivity contribution in [1.82, 2.24) is 4.31 Å². The van der Waals surface area contributed by atoms with Crippen LogP contribution in [0, 0.1) is 0 Å². The third kappa shape index (κ3) is 5.48. The summed E-state index contributed by atoms with van der Waals surface area (Å²) in [6, 6.07) is 13.9. The monoisotopic (exact) mass is 424 g/mol. The number of thioether (sulfide) groups is 1. The van der Waals surface area contributed by atoms with Crippen molar-refractivity contribution in [2.45, 2.75) is 29.1 Å². The lowest BCUT2D eigenvalue weighted by molar-refractivity contribution is -0.115. The number of sulfonamides is 1. The number of rotatable bonds is 7. The summed E-state index contributed by atoms with van der Waals surface area (Å²) in [7, 11) is -3.49. The SMILES string of the molecule is O=C(CCSc1ccc(Cl)cc1)Nc1cccc(S(=O)(=O)N2CCCC2)c1. The van der Waals surface area contributed by atoms with Gasteiger partial charge in [-0.1, -0.05) is 17.7 Å². The summed E-state index contributed by atoms with van der Waals surface area (Å²) in [4.78, 5) is 13.4. The summed E-state index contributed by atoms with van der Waals surface area (Å²) in [6.07, 6.45) is 2.11. The molecular formula is C19H21ClN2O3S2. The number of nitrogens with zero attached hydrogens (tertiary/aromatic N) is 1. The largest absolute Gasteiger partial charge is 0.326 e. The maximum absolute atomic E-state index is 12.6. The first-order chi connectivity index (χ1) is 12.9. The fraction of sp³-hybridized carbons (Fsp3) is 0.316. The number of anilines is 1. The lowest BCUT2D eigenvalue weighted by atomic mass is 10.3. The molecule has 0 saturated carbocycles. The zero-order valence-corrected chi connectivity index (χ0v) is 17.1. The summed E-state index contributed by atoms with van der Waals surface area (Å²) in [5.41, 5.74) is 0.497. The van der Waals surface area contributed by atoms with E-state index in [0.29, 0.717) is 36.0 Å². The van der Waals surface area contributed by atoms with Crippen LogP contribution < -0.4 is 5.32 Å². The molecule has 1 amide bonds. The number of amides is 1. The average Bonchev–Trinajstić information content (AvgIpc) is 3.19. The van der Waals surface area contributed by atoms with Crippen LogP contribution in [0.15, 0.2) is 58.3 Å². The lowest BCUT2D eigenvalue weighted by Gasteiger charge is -2.16. The Kier molecular flexibility index (Phi) is 6.81. The van der Waals surface area contributed by atoms with E-state index in [4.69, 9.17) is 11.6 Å². The molecule has 27 heavy (non-hydrogen) atoms. The first-order valence-corrected chi connectivity index (χ1v) is 11.5. The topological polar surface area (TPSA) is 66.5 Å². The van der Waals surface area contributed by atoms with Gasteiger partial charge in [0.05, 0.1) is 4.90 Å². The van der Waals surface area contributed by atoms with Crippen molar-refractivity contribution >= 4 is 45.0 Å². The highest BCUT2D eigenvalue weighted by atomic mass is 35.5. The minimum absolute atomic E-state index is 0.146. The van der Waals surface area contributed by atoms with Gasteiger partial charge < -0.3 is 5.32 Å². The van der Waals surface area contributed by atoms with Crippen LogP contribution in [-0.4, -0.2) is 37.5 Å². The predicted molar refractivity (Wildman–Crippen MR) is 110 cm³/mol. The summed E-state index contributed by atoms with van der Waals surface area (Å²) in [5.74, 6) is 0.478. The van der Waals surface area contributed by atoms with E-state index in [9.17, 15) is 13.2 Å². The van der Waals surface area contributed by atoms with Crippen molar-refractivity contribution in [3.63, 3.8) is 0 Å². The molecule has 144 valence electrons. The van der Waals surface area contributed by atoms with Crippen LogP contribution in [0.25, 0.3) is 0 Å². The van der Waals surface area contributed by atoms with Gasteiger partial charge in [-0.25, -0.2) is 8.42 Å². The Labute approximate surface area is 169 Å². The van der Waals surface area contributed by atoms with Crippen LogP contribution >= 0.6 is 23.4 Å². The van der Waals surface area contributed by atoms with Gasteiger partial charge in [-0.05, 0) is 55.3 Å². The second kappa shape index (κ2) is 9.10. The first kappa shape index (κ1) is 20.2. The van der Waals surface area contributed by atoms with E-state index in [1.54, 1.807) is 30.0 Å². The van der Waals surface area contributed by atoms with Crippen molar-refractivity contribution in [2.24, 2.45) is 0 Å². The minimum atomic E-state index is -3.49. The van der Waals surface area contributed by atoms with Crippen LogP contribution in [0.4, 0.5) is 5.69 Å². The number of hydrogen-bond donors (Lipinski definition) is 1. The van der Waals surface area contributed by atoms with E-state index in [0.717, 1.165) is 17.7 Å². The molecule has 2 aromatic rings. The zero-order valence-electron chi connectivity index (χ0n) is 14.7. The highest BCUT2D eigenvalue weighted by Crippen LogP contribution is 2.24. The zero-order chi connectivity index (χ0) is 19.3. The molecule has 0 bridgehead atoms. The number of halogens is 1. The van der Waals surface area contributed by atoms with E-state index in [2.05, 4.69) is 5.32 Å². The van der Waals surface area contributed by atoms with Gasteiger partial charge in [-0.3, -0.25) is 4.79 Å². The smallest absolute Gasteiger partial charge is 0.243 e. The maximum atomic E-state index is 12.6. The van der Waals surface area contributed by atoms with Gasteiger partial charge >= 0.3 is 0 Å². The van der Waals surface area contributed by atoms with Crippen molar-refractivity contribution in [3.05, 3.63) is 53.6 Å². The maximum Gasteiger partial charge on any atom is 0.243 e. The molecule has 0 atom stereocenters. The van der Waals surface area contributed by atoms with Gasteiger partial charge in [-0.15, -0.1) is 11.8 Å². The number of carbonyl (C=O) groups is 1. The van der Waals surface area contributed by atoms with E-state index in [1.165, 1.54) is 10.4 Å². The Morgan fingerprint density at radius 2 is 1.81 bits per heavy atom. The minimum Gasteiger partial charge on any atom is -0.326 e. The Hall–Kier alpha value is -1.54. The van der Waals surface area contributed by atoms with Crippen LogP contribution in [-0.2, 0) is 14.8 Å².